The second-order valence-corrected chi connectivity index (χ2v) is 3.15. The molecule has 0 fully saturated rings. The van der Waals surface area contributed by atoms with E-state index in [1.165, 1.54) is 6.33 Å². The Morgan fingerprint density at radius 1 is 1.54 bits per heavy atom. The molecule has 0 aliphatic heterocycles. The highest BCUT2D eigenvalue weighted by Crippen LogP contribution is 2.22. The van der Waals surface area contributed by atoms with Crippen LogP contribution < -0.4 is 0 Å². The molecule has 0 amide bonds. The summed E-state index contributed by atoms with van der Waals surface area (Å²) in [6, 6.07) is 0. The van der Waals surface area contributed by atoms with Gasteiger partial charge < -0.3 is 0 Å². The molecule has 0 bridgehead atoms. The van der Waals surface area contributed by atoms with Gasteiger partial charge in [-0.1, -0.05) is 0 Å². The molecule has 2 heterocycles. The molecule has 0 unspecified atom stereocenters. The molecule has 0 aliphatic carbocycles. The fraction of sp³-hybridized carbons (Fsp3) is 0.143. The van der Waals surface area contributed by atoms with Gasteiger partial charge in [0, 0.05) is 18.8 Å². The number of thiocyanates is 1. The molecule has 6 heteroatoms. The van der Waals surface area contributed by atoms with Crippen molar-refractivity contribution >= 4 is 22.8 Å². The number of rotatable bonds is 1. The standard InChI is InChI=1S/C7H5N5S/c1-12-6-5(2-11-12)7(13-3-8)10-4-9-6/h2,4H,1H3. The van der Waals surface area contributed by atoms with Gasteiger partial charge in [0.05, 0.1) is 11.6 Å². The Hall–Kier alpha value is -1.61. The van der Waals surface area contributed by atoms with Crippen molar-refractivity contribution in [3.05, 3.63) is 12.5 Å². The lowest BCUT2D eigenvalue weighted by atomic mass is 10.4. The number of nitriles is 1. The van der Waals surface area contributed by atoms with E-state index in [0.29, 0.717) is 5.03 Å². The van der Waals surface area contributed by atoms with E-state index in [9.17, 15) is 0 Å². The normalized spacial score (nSPS) is 10.2. The summed E-state index contributed by atoms with van der Waals surface area (Å²) >= 11 is 1.02. The van der Waals surface area contributed by atoms with Gasteiger partial charge in [-0.2, -0.15) is 10.4 Å². The number of aryl methyl sites for hydroxylation is 1. The highest BCUT2D eigenvalue weighted by Gasteiger charge is 2.07. The van der Waals surface area contributed by atoms with Crippen molar-refractivity contribution in [2.24, 2.45) is 7.05 Å². The van der Waals surface area contributed by atoms with Gasteiger partial charge in [-0.3, -0.25) is 4.68 Å². The van der Waals surface area contributed by atoms with Gasteiger partial charge in [-0.05, 0) is 0 Å². The zero-order valence-corrected chi connectivity index (χ0v) is 7.62. The monoisotopic (exact) mass is 191 g/mol. The Bertz CT molecular complexity index is 483. The minimum atomic E-state index is 0.653. The van der Waals surface area contributed by atoms with Crippen LogP contribution in [0.2, 0.25) is 0 Å². The van der Waals surface area contributed by atoms with Gasteiger partial charge in [0.1, 0.15) is 16.8 Å². The molecule has 0 aliphatic rings. The number of nitrogens with zero attached hydrogens (tertiary/aromatic N) is 5. The van der Waals surface area contributed by atoms with E-state index in [1.807, 2.05) is 5.40 Å². The maximum absolute atomic E-state index is 8.51. The molecule has 0 aromatic carbocycles. The lowest BCUT2D eigenvalue weighted by molar-refractivity contribution is 0.784. The van der Waals surface area contributed by atoms with Crippen LogP contribution in [0.4, 0.5) is 0 Å². The predicted octanol–water partition coefficient (Wildman–Crippen LogP) is 0.936. The Balaban J connectivity index is 2.71. The zero-order chi connectivity index (χ0) is 9.26. The van der Waals surface area contributed by atoms with E-state index in [-0.39, 0.29) is 0 Å². The summed E-state index contributed by atoms with van der Waals surface area (Å²) in [4.78, 5) is 8.04. The molecule has 0 saturated heterocycles. The highest BCUT2D eigenvalue weighted by atomic mass is 32.2. The highest BCUT2D eigenvalue weighted by molar-refractivity contribution is 8.03. The summed E-state index contributed by atoms with van der Waals surface area (Å²) in [5.41, 5.74) is 0.743. The van der Waals surface area contributed by atoms with Crippen molar-refractivity contribution < 1.29 is 0 Å². The largest absolute Gasteiger partial charge is 0.250 e. The fourth-order valence-electron chi connectivity index (χ4n) is 1.07. The van der Waals surface area contributed by atoms with Crippen LogP contribution in [0.5, 0.6) is 0 Å². The van der Waals surface area contributed by atoms with Crippen LogP contribution in [0.15, 0.2) is 17.6 Å². The van der Waals surface area contributed by atoms with Crippen molar-refractivity contribution in [3.8, 4) is 5.40 Å². The molecule has 2 aromatic rings. The van der Waals surface area contributed by atoms with Gasteiger partial charge in [-0.25, -0.2) is 9.97 Å². The molecular weight excluding hydrogens is 186 g/mol. The van der Waals surface area contributed by atoms with Gasteiger partial charge in [0.25, 0.3) is 0 Å². The molecule has 0 radical (unpaired) electrons. The number of hydrogen-bond donors (Lipinski definition) is 0. The molecule has 0 atom stereocenters. The van der Waals surface area contributed by atoms with Crippen LogP contribution in [0.1, 0.15) is 0 Å². The van der Waals surface area contributed by atoms with E-state index in [2.05, 4.69) is 15.1 Å². The molecular formula is C7H5N5S. The first-order valence-corrected chi connectivity index (χ1v) is 4.33. The fourth-order valence-corrected chi connectivity index (χ4v) is 1.51. The SMILES string of the molecule is Cn1ncc2c(SC#N)ncnc21. The minimum absolute atomic E-state index is 0.653. The number of aromatic nitrogens is 4. The van der Waals surface area contributed by atoms with Gasteiger partial charge in [-0.15, -0.1) is 0 Å². The van der Waals surface area contributed by atoms with Crippen LogP contribution in [0.3, 0.4) is 0 Å². The number of hydrogen-bond acceptors (Lipinski definition) is 5. The second kappa shape index (κ2) is 3.03. The molecule has 64 valence electrons. The lowest BCUT2D eigenvalue weighted by Crippen LogP contribution is -1.92. The molecule has 0 saturated carbocycles. The van der Waals surface area contributed by atoms with Crippen LogP contribution in [-0.4, -0.2) is 19.7 Å². The predicted molar refractivity (Wildman–Crippen MR) is 47.8 cm³/mol. The Kier molecular flexibility index (Phi) is 1.87. The lowest BCUT2D eigenvalue weighted by Gasteiger charge is -1.94. The van der Waals surface area contributed by atoms with Crippen molar-refractivity contribution in [1.82, 2.24) is 19.7 Å². The zero-order valence-electron chi connectivity index (χ0n) is 6.80. The Morgan fingerprint density at radius 2 is 2.38 bits per heavy atom. The average molecular weight is 191 g/mol. The Labute approximate surface area is 78.4 Å². The van der Waals surface area contributed by atoms with Gasteiger partial charge >= 0.3 is 0 Å². The van der Waals surface area contributed by atoms with Crippen molar-refractivity contribution in [2.75, 3.05) is 0 Å². The minimum Gasteiger partial charge on any atom is -0.250 e. The third-order valence-corrected chi connectivity index (χ3v) is 2.25. The summed E-state index contributed by atoms with van der Waals surface area (Å²) < 4.78 is 1.65. The van der Waals surface area contributed by atoms with Crippen molar-refractivity contribution in [1.29, 1.82) is 5.26 Å². The summed E-state index contributed by atoms with van der Waals surface area (Å²) in [6.07, 6.45) is 3.10. The van der Waals surface area contributed by atoms with E-state index < -0.39 is 0 Å². The van der Waals surface area contributed by atoms with Crippen LogP contribution in [0.25, 0.3) is 11.0 Å². The maximum Gasteiger partial charge on any atom is 0.162 e. The summed E-state index contributed by atoms with van der Waals surface area (Å²) in [5, 5.41) is 16.0. The quantitative estimate of drug-likeness (QED) is 0.381. The van der Waals surface area contributed by atoms with E-state index in [4.69, 9.17) is 5.26 Å². The molecule has 0 spiro atoms. The summed E-state index contributed by atoms with van der Waals surface area (Å²) in [5.74, 6) is 0. The van der Waals surface area contributed by atoms with E-state index >= 15 is 0 Å². The molecule has 2 aromatic heterocycles. The smallest absolute Gasteiger partial charge is 0.162 e. The third-order valence-electron chi connectivity index (χ3n) is 1.64. The number of thioether (sulfide) groups is 1. The molecule has 5 nitrogen and oxygen atoms in total. The first kappa shape index (κ1) is 8.01. The van der Waals surface area contributed by atoms with E-state index in [1.54, 1.807) is 17.9 Å². The van der Waals surface area contributed by atoms with Gasteiger partial charge in [0.2, 0.25) is 0 Å². The van der Waals surface area contributed by atoms with E-state index in [0.717, 1.165) is 22.8 Å². The first-order chi connectivity index (χ1) is 6.33. The van der Waals surface area contributed by atoms with Crippen molar-refractivity contribution in [3.63, 3.8) is 0 Å². The number of fused-ring (bicyclic) bond motifs is 1. The van der Waals surface area contributed by atoms with Crippen molar-refractivity contribution in [2.45, 2.75) is 5.03 Å². The van der Waals surface area contributed by atoms with Gasteiger partial charge in [0.15, 0.2) is 5.65 Å². The second-order valence-electron chi connectivity index (χ2n) is 2.38. The molecule has 2 rings (SSSR count). The van der Waals surface area contributed by atoms with Crippen LogP contribution >= 0.6 is 11.8 Å². The molecule has 13 heavy (non-hydrogen) atoms. The summed E-state index contributed by atoms with van der Waals surface area (Å²) in [7, 11) is 1.80. The Morgan fingerprint density at radius 3 is 3.15 bits per heavy atom. The summed E-state index contributed by atoms with van der Waals surface area (Å²) in [6.45, 7) is 0. The topological polar surface area (TPSA) is 67.4 Å². The van der Waals surface area contributed by atoms with Crippen LogP contribution in [-0.2, 0) is 7.05 Å². The third kappa shape index (κ3) is 1.23. The maximum atomic E-state index is 8.51. The van der Waals surface area contributed by atoms with Crippen LogP contribution in [0, 0.1) is 10.7 Å². The first-order valence-electron chi connectivity index (χ1n) is 3.51. The average Bonchev–Trinajstić information content (AvgIpc) is 2.50. The molecule has 0 N–H and O–H groups in total.